The molecule has 4 heterocycles. The fraction of sp³-hybridized carbons (Fsp3) is 0.381. The Hall–Kier alpha value is -8.55. The molecule has 0 radical (unpaired) electrons. The lowest BCUT2D eigenvalue weighted by molar-refractivity contribution is -0.149. The highest BCUT2D eigenvalue weighted by atomic mass is 16.6. The number of fused-ring (bicyclic) bond motifs is 2. The van der Waals surface area contributed by atoms with Crippen LogP contribution < -0.4 is 41.8 Å². The fourth-order valence-corrected chi connectivity index (χ4v) is 11.1. The molecule has 9 rings (SSSR count). The molecule has 19 heteroatoms. The van der Waals surface area contributed by atoms with E-state index in [-0.39, 0.29) is 57.7 Å². The quantitative estimate of drug-likeness (QED) is 0.0653. The molecule has 6 amide bonds. The number of hydrogen-bond donors (Lipinski definition) is 7. The number of H-pyrrole nitrogens is 1. The zero-order valence-electron chi connectivity index (χ0n) is 46.1. The van der Waals surface area contributed by atoms with Crippen molar-refractivity contribution in [3.63, 3.8) is 0 Å². The summed E-state index contributed by atoms with van der Waals surface area (Å²) in [4.78, 5) is 111. The lowest BCUT2D eigenvalue weighted by atomic mass is 9.83. The van der Waals surface area contributed by atoms with Crippen molar-refractivity contribution in [1.29, 1.82) is 0 Å². The number of ketones is 1. The second-order valence-electron chi connectivity index (χ2n) is 21.4. The minimum absolute atomic E-state index is 0.00994. The third-order valence-corrected chi connectivity index (χ3v) is 15.6. The minimum atomic E-state index is -1.45. The van der Waals surface area contributed by atoms with E-state index in [1.807, 2.05) is 97.1 Å². The molecule has 0 saturated carbocycles. The Morgan fingerprint density at radius 2 is 1.29 bits per heavy atom. The molecule has 82 heavy (non-hydrogen) atoms. The number of carbonyl (C=O) groups is 7. The summed E-state index contributed by atoms with van der Waals surface area (Å²) < 4.78 is 18.0. The third kappa shape index (κ3) is 15.5. The number of rotatable bonds is 17. The summed E-state index contributed by atoms with van der Waals surface area (Å²) in [5.41, 5.74) is 9.57. The van der Waals surface area contributed by atoms with Gasteiger partial charge in [0.05, 0.1) is 12.6 Å². The van der Waals surface area contributed by atoms with Crippen LogP contribution in [0.4, 0.5) is 4.79 Å². The summed E-state index contributed by atoms with van der Waals surface area (Å²) in [6.07, 6.45) is 1.31. The smallest absolute Gasteiger partial charge is 0.407 e. The van der Waals surface area contributed by atoms with Crippen LogP contribution in [0.2, 0.25) is 0 Å². The van der Waals surface area contributed by atoms with Crippen LogP contribution in [0.5, 0.6) is 11.5 Å². The van der Waals surface area contributed by atoms with Crippen molar-refractivity contribution in [2.45, 2.75) is 94.3 Å². The summed E-state index contributed by atoms with van der Waals surface area (Å²) in [7, 11) is 1.50. The lowest BCUT2D eigenvalue weighted by Crippen LogP contribution is -2.60. The van der Waals surface area contributed by atoms with Gasteiger partial charge in [0.2, 0.25) is 29.5 Å². The van der Waals surface area contributed by atoms with Crippen molar-refractivity contribution < 1.29 is 47.8 Å². The molecule has 0 spiro atoms. The van der Waals surface area contributed by atoms with Gasteiger partial charge < -0.3 is 61.3 Å². The molecule has 0 bridgehead atoms. The summed E-state index contributed by atoms with van der Waals surface area (Å²) >= 11 is 0. The SMILES string of the molecule is CN1C(=O)[C@H](Cc2ccc(OCc3ccccc3)cc2)NC(=O)[C@H](CC2CCNCC2)CC(=O)[C@@H](Cc2c[nH]c3ccccc23)NC(=O)[C@H](COc2ccccc2)NC(=O)[C@@H]2C[C@@H](OC(=O)NCCN)CN2C(=O)[C@@H]1Cc1ccccc1. The number of ether oxygens (including phenoxy) is 3. The number of aromatic amines is 1. The minimum Gasteiger partial charge on any atom is -0.491 e. The highest BCUT2D eigenvalue weighted by Crippen LogP contribution is 2.29. The standard InChI is InChI=1S/C63H73N9O10/c1-71-56(33-41-13-5-2-6-14-41)62(78)72-38-49(82-63(79)66-30-27-64)36-55(72)60(76)70-54(40-81-47-17-9-4-10-18-47)59(75)68-52(34-46-37-67-51-20-12-11-19-50(46)51)57(73)35-45(31-43-25-28-65-29-26-43)58(74)69-53(61(71)77)32-42-21-23-48(24-22-42)80-39-44-15-7-3-8-16-44/h2-24,37,43,45,49,52-56,65,67H,25-36,38-40,64H2,1H3,(H,66,79)(H,68,75)(H,69,74)(H,70,76)/t45-,49-,52-,53+,54+,55+,56+/m1/s1. The van der Waals surface area contributed by atoms with Crippen molar-refractivity contribution in [3.05, 3.63) is 168 Å². The number of alkyl carbamates (subject to hydrolysis) is 1. The van der Waals surface area contributed by atoms with Gasteiger partial charge in [-0.15, -0.1) is 0 Å². The van der Waals surface area contributed by atoms with Gasteiger partial charge in [0.1, 0.15) is 55.0 Å². The molecule has 6 aromatic rings. The van der Waals surface area contributed by atoms with Gasteiger partial charge in [-0.05, 0) is 90.9 Å². The van der Waals surface area contributed by atoms with Crippen molar-refractivity contribution >= 4 is 52.3 Å². The molecule has 430 valence electrons. The number of benzene rings is 5. The van der Waals surface area contributed by atoms with Gasteiger partial charge in [0.15, 0.2) is 5.78 Å². The molecule has 0 unspecified atom stereocenters. The van der Waals surface area contributed by atoms with E-state index in [4.69, 9.17) is 19.9 Å². The molecular weight excluding hydrogens is 1040 g/mol. The average Bonchev–Trinajstić information content (AvgIpc) is 4.30. The van der Waals surface area contributed by atoms with Crippen molar-refractivity contribution in [2.24, 2.45) is 17.6 Å². The predicted molar refractivity (Wildman–Crippen MR) is 308 cm³/mol. The Morgan fingerprint density at radius 3 is 2.01 bits per heavy atom. The molecule has 0 aliphatic carbocycles. The Kier molecular flexibility index (Phi) is 20.0. The summed E-state index contributed by atoms with van der Waals surface area (Å²) in [6.45, 7) is 1.38. The van der Waals surface area contributed by atoms with E-state index in [0.717, 1.165) is 48.0 Å². The van der Waals surface area contributed by atoms with Gasteiger partial charge in [0.25, 0.3) is 0 Å². The Morgan fingerprint density at radius 1 is 0.659 bits per heavy atom. The molecule has 7 atom stereocenters. The maximum Gasteiger partial charge on any atom is 0.407 e. The maximum absolute atomic E-state index is 15.6. The number of para-hydroxylation sites is 2. The van der Waals surface area contributed by atoms with E-state index in [9.17, 15) is 4.79 Å². The number of aromatic nitrogens is 1. The van der Waals surface area contributed by atoms with Gasteiger partial charge >= 0.3 is 6.09 Å². The average molecular weight is 1120 g/mol. The normalized spacial score (nSPS) is 22.5. The molecule has 8 N–H and O–H groups in total. The first kappa shape index (κ1) is 58.1. The number of carbonyl (C=O) groups excluding carboxylic acids is 7. The molecule has 3 aliphatic rings. The van der Waals surface area contributed by atoms with Crippen molar-refractivity contribution in [3.8, 4) is 11.5 Å². The number of nitrogens with zero attached hydrogens (tertiary/aromatic N) is 2. The lowest BCUT2D eigenvalue weighted by Gasteiger charge is -2.36. The maximum atomic E-state index is 15.6. The van der Waals surface area contributed by atoms with Gasteiger partial charge in [-0.2, -0.15) is 0 Å². The monoisotopic (exact) mass is 1120 g/mol. The molecule has 5 aromatic carbocycles. The summed E-state index contributed by atoms with van der Waals surface area (Å²) in [5.74, 6) is -3.63. The predicted octanol–water partition coefficient (Wildman–Crippen LogP) is 4.77. The van der Waals surface area contributed by atoms with E-state index in [1.165, 1.54) is 16.8 Å². The second-order valence-corrected chi connectivity index (χ2v) is 21.4. The Balaban J connectivity index is 1.12. The fourth-order valence-electron chi connectivity index (χ4n) is 11.1. The zero-order chi connectivity index (χ0) is 57.4. The van der Waals surface area contributed by atoms with Crippen LogP contribution in [0.25, 0.3) is 10.9 Å². The highest BCUT2D eigenvalue weighted by Gasteiger charge is 2.46. The van der Waals surface area contributed by atoms with Crippen LogP contribution in [0.15, 0.2) is 146 Å². The van der Waals surface area contributed by atoms with Crippen LogP contribution in [-0.2, 0) is 59.4 Å². The Bertz CT molecular complexity index is 3120. The zero-order valence-corrected chi connectivity index (χ0v) is 46.1. The Labute approximate surface area is 477 Å². The number of nitrogens with two attached hydrogens (primary N) is 1. The molecule has 3 saturated heterocycles. The van der Waals surface area contributed by atoms with Gasteiger partial charge in [-0.3, -0.25) is 28.8 Å². The molecule has 3 fully saturated rings. The van der Waals surface area contributed by atoms with Gasteiger partial charge in [0, 0.05) is 75.3 Å². The van der Waals surface area contributed by atoms with Crippen LogP contribution in [0.1, 0.15) is 54.4 Å². The number of nitrogens with one attached hydrogen (secondary N) is 6. The van der Waals surface area contributed by atoms with E-state index in [1.54, 1.807) is 48.7 Å². The van der Waals surface area contributed by atoms with Gasteiger partial charge in [-0.25, -0.2) is 4.79 Å². The van der Waals surface area contributed by atoms with Crippen molar-refractivity contribution in [2.75, 3.05) is 46.4 Å². The van der Waals surface area contributed by atoms with E-state index in [0.29, 0.717) is 35.7 Å². The van der Waals surface area contributed by atoms with Crippen molar-refractivity contribution in [1.82, 2.24) is 41.4 Å². The number of likely N-dealkylation sites (N-methyl/N-ethyl adjacent to an activating group) is 1. The molecular formula is C63H73N9O10. The van der Waals surface area contributed by atoms with Crippen LogP contribution in [0.3, 0.4) is 0 Å². The summed E-state index contributed by atoms with van der Waals surface area (Å²) in [5, 5.41) is 15.7. The number of piperidine rings is 1. The molecule has 1 aromatic heterocycles. The van der Waals surface area contributed by atoms with Crippen LogP contribution >= 0.6 is 0 Å². The van der Waals surface area contributed by atoms with Crippen LogP contribution in [-0.4, -0.2) is 139 Å². The topological polar surface area (TPSA) is 256 Å². The van der Waals surface area contributed by atoms with Crippen LogP contribution in [0, 0.1) is 11.8 Å². The number of Topliss-reactive ketones (excluding diaryl/α,β-unsaturated/α-hetero) is 1. The van der Waals surface area contributed by atoms with Gasteiger partial charge in [-0.1, -0.05) is 109 Å². The third-order valence-electron chi connectivity index (χ3n) is 15.6. The molecule has 3 aliphatic heterocycles. The number of amides is 6. The summed E-state index contributed by atoms with van der Waals surface area (Å²) in [6, 6.07) is 35.8. The second kappa shape index (κ2) is 28.2. The van der Waals surface area contributed by atoms with E-state index >= 15 is 28.8 Å². The highest BCUT2D eigenvalue weighted by molar-refractivity contribution is 5.99. The first-order valence-electron chi connectivity index (χ1n) is 28.3. The largest absolute Gasteiger partial charge is 0.491 e. The first-order valence-corrected chi connectivity index (χ1v) is 28.3. The molecule has 19 nitrogen and oxygen atoms in total. The van der Waals surface area contributed by atoms with E-state index < -0.39 is 90.3 Å². The first-order chi connectivity index (χ1) is 39.9. The number of hydrogen-bond acceptors (Lipinski definition) is 12. The van der Waals surface area contributed by atoms with E-state index in [2.05, 4.69) is 31.6 Å².